The average Bonchev–Trinajstić information content (AvgIpc) is 2.40. The molecule has 6 heteroatoms. The molecule has 0 aromatic carbocycles. The van der Waals surface area contributed by atoms with Crippen LogP contribution in [-0.2, 0) is 11.3 Å². The molecule has 1 saturated carbocycles. The summed E-state index contributed by atoms with van der Waals surface area (Å²) in [7, 11) is 0. The maximum Gasteiger partial charge on any atom is 0.306 e. The zero-order valence-electron chi connectivity index (χ0n) is 10.7. The predicted molar refractivity (Wildman–Crippen MR) is 68.3 cm³/mol. The van der Waals surface area contributed by atoms with Crippen LogP contribution in [0.1, 0.15) is 31.4 Å². The van der Waals surface area contributed by atoms with Crippen molar-refractivity contribution in [1.29, 1.82) is 0 Å². The second-order valence-electron chi connectivity index (χ2n) is 5.16. The van der Waals surface area contributed by atoms with Gasteiger partial charge in [0, 0.05) is 19.3 Å². The maximum atomic E-state index is 10.9. The van der Waals surface area contributed by atoms with Crippen LogP contribution in [0.2, 0.25) is 0 Å². The second kappa shape index (κ2) is 6.08. The summed E-state index contributed by atoms with van der Waals surface area (Å²) in [4.78, 5) is 10.9. The molecule has 1 aliphatic carbocycles. The molecule has 0 radical (unpaired) electrons. The highest BCUT2D eigenvalue weighted by Crippen LogP contribution is 2.31. The Kier molecular flexibility index (Phi) is 4.44. The van der Waals surface area contributed by atoms with E-state index in [2.05, 4.69) is 15.5 Å². The molecular weight excluding hydrogens is 246 g/mol. The number of aliphatic carboxylic acids is 1. The molecular formula is C13H19N3O3. The van der Waals surface area contributed by atoms with Gasteiger partial charge in [-0.2, -0.15) is 10.2 Å². The Hall–Kier alpha value is -1.53. The number of carboxylic acid groups (broad SMARTS) is 1. The summed E-state index contributed by atoms with van der Waals surface area (Å²) >= 11 is 0. The highest BCUT2D eigenvalue weighted by atomic mass is 16.4. The summed E-state index contributed by atoms with van der Waals surface area (Å²) < 4.78 is 0. The Bertz CT molecular complexity index is 416. The third-order valence-electron chi connectivity index (χ3n) is 3.65. The Morgan fingerprint density at radius 3 is 2.79 bits per heavy atom. The zero-order chi connectivity index (χ0) is 13.7. The van der Waals surface area contributed by atoms with Crippen LogP contribution in [-0.4, -0.2) is 38.5 Å². The molecule has 0 bridgehead atoms. The van der Waals surface area contributed by atoms with Gasteiger partial charge in [0.1, 0.15) is 0 Å². The second-order valence-corrected chi connectivity index (χ2v) is 5.16. The molecule has 0 amide bonds. The lowest BCUT2D eigenvalue weighted by atomic mass is 9.79. The minimum absolute atomic E-state index is 0.305. The van der Waals surface area contributed by atoms with Crippen molar-refractivity contribution < 1.29 is 15.0 Å². The molecule has 104 valence electrons. The van der Waals surface area contributed by atoms with Crippen LogP contribution in [0.5, 0.6) is 0 Å². The Labute approximate surface area is 111 Å². The molecule has 1 heterocycles. The van der Waals surface area contributed by atoms with Gasteiger partial charge in [0.05, 0.1) is 17.2 Å². The lowest BCUT2D eigenvalue weighted by Gasteiger charge is -2.34. The molecule has 0 unspecified atom stereocenters. The fourth-order valence-corrected chi connectivity index (χ4v) is 2.43. The number of nitrogens with one attached hydrogen (secondary N) is 1. The maximum absolute atomic E-state index is 10.9. The number of hydrogen-bond acceptors (Lipinski definition) is 5. The molecule has 1 fully saturated rings. The van der Waals surface area contributed by atoms with E-state index >= 15 is 0 Å². The largest absolute Gasteiger partial charge is 0.481 e. The van der Waals surface area contributed by atoms with Crippen molar-refractivity contribution in [1.82, 2.24) is 15.5 Å². The van der Waals surface area contributed by atoms with Gasteiger partial charge in [-0.15, -0.1) is 0 Å². The van der Waals surface area contributed by atoms with Gasteiger partial charge in [-0.3, -0.25) is 4.79 Å². The van der Waals surface area contributed by atoms with Crippen LogP contribution >= 0.6 is 0 Å². The molecule has 3 N–H and O–H groups in total. The van der Waals surface area contributed by atoms with Crippen LogP contribution < -0.4 is 5.32 Å². The fraction of sp³-hybridized carbons (Fsp3) is 0.615. The van der Waals surface area contributed by atoms with Crippen molar-refractivity contribution in [3.63, 3.8) is 0 Å². The first kappa shape index (κ1) is 13.9. The van der Waals surface area contributed by atoms with Crippen molar-refractivity contribution in [3.8, 4) is 0 Å². The van der Waals surface area contributed by atoms with Gasteiger partial charge in [-0.25, -0.2) is 0 Å². The van der Waals surface area contributed by atoms with Crippen molar-refractivity contribution >= 4 is 5.97 Å². The quantitative estimate of drug-likeness (QED) is 0.720. The number of carbonyl (C=O) groups is 1. The molecule has 19 heavy (non-hydrogen) atoms. The van der Waals surface area contributed by atoms with Crippen molar-refractivity contribution in [2.24, 2.45) is 5.92 Å². The van der Waals surface area contributed by atoms with E-state index in [-0.39, 0.29) is 5.92 Å². The monoisotopic (exact) mass is 265 g/mol. The third kappa shape index (κ3) is 3.97. The first-order chi connectivity index (χ1) is 9.09. The molecule has 1 aliphatic rings. The first-order valence-corrected chi connectivity index (χ1v) is 6.51. The van der Waals surface area contributed by atoms with E-state index in [1.807, 2.05) is 12.1 Å². The Morgan fingerprint density at radius 1 is 1.47 bits per heavy atom. The van der Waals surface area contributed by atoms with Crippen molar-refractivity contribution in [2.75, 3.05) is 6.54 Å². The van der Waals surface area contributed by atoms with Crippen molar-refractivity contribution in [3.05, 3.63) is 24.0 Å². The van der Waals surface area contributed by atoms with E-state index < -0.39 is 11.6 Å². The minimum atomic E-state index is -0.797. The number of rotatable bonds is 5. The number of carboxylic acids is 1. The summed E-state index contributed by atoms with van der Waals surface area (Å²) in [5.74, 6) is -1.06. The molecule has 2 rings (SSSR count). The normalized spacial score (nSPS) is 27.1. The summed E-state index contributed by atoms with van der Waals surface area (Å²) in [6, 6.07) is 3.68. The van der Waals surface area contributed by atoms with Gasteiger partial charge in [0.2, 0.25) is 0 Å². The highest BCUT2D eigenvalue weighted by Gasteiger charge is 2.35. The lowest BCUT2D eigenvalue weighted by molar-refractivity contribution is -0.144. The van der Waals surface area contributed by atoms with Crippen LogP contribution in [0.3, 0.4) is 0 Å². The summed E-state index contributed by atoms with van der Waals surface area (Å²) in [6.45, 7) is 1.01. The molecule has 6 nitrogen and oxygen atoms in total. The minimum Gasteiger partial charge on any atom is -0.481 e. The topological polar surface area (TPSA) is 95.3 Å². The fourth-order valence-electron chi connectivity index (χ4n) is 2.43. The van der Waals surface area contributed by atoms with E-state index in [0.717, 1.165) is 5.69 Å². The standard InChI is InChI=1S/C13H19N3O3/c17-12(18)10-3-5-13(19,6-4-10)9-14-8-11-2-1-7-15-16-11/h1-2,7,10,14,19H,3-6,8-9H2,(H,17,18). The lowest BCUT2D eigenvalue weighted by Crippen LogP contribution is -2.44. The number of aromatic nitrogens is 2. The molecule has 0 atom stereocenters. The van der Waals surface area contributed by atoms with Crippen LogP contribution in [0.25, 0.3) is 0 Å². The van der Waals surface area contributed by atoms with Gasteiger partial charge >= 0.3 is 5.97 Å². The van der Waals surface area contributed by atoms with E-state index in [1.165, 1.54) is 0 Å². The van der Waals surface area contributed by atoms with E-state index in [0.29, 0.717) is 38.8 Å². The molecule has 0 saturated heterocycles. The third-order valence-corrected chi connectivity index (χ3v) is 3.65. The van der Waals surface area contributed by atoms with Gasteiger partial charge in [-0.05, 0) is 37.8 Å². The predicted octanol–water partition coefficient (Wildman–Crippen LogP) is 0.572. The first-order valence-electron chi connectivity index (χ1n) is 6.51. The summed E-state index contributed by atoms with van der Waals surface area (Å²) in [6.07, 6.45) is 3.75. The molecule has 0 spiro atoms. The van der Waals surface area contributed by atoms with Crippen LogP contribution in [0.4, 0.5) is 0 Å². The van der Waals surface area contributed by atoms with Crippen LogP contribution in [0.15, 0.2) is 18.3 Å². The van der Waals surface area contributed by atoms with Gasteiger partial charge in [0.25, 0.3) is 0 Å². The van der Waals surface area contributed by atoms with E-state index in [1.54, 1.807) is 6.20 Å². The molecule has 1 aromatic rings. The number of aliphatic hydroxyl groups is 1. The smallest absolute Gasteiger partial charge is 0.306 e. The summed E-state index contributed by atoms with van der Waals surface area (Å²) in [5.41, 5.74) is 0.0269. The van der Waals surface area contributed by atoms with Gasteiger partial charge in [0.15, 0.2) is 0 Å². The van der Waals surface area contributed by atoms with E-state index in [4.69, 9.17) is 5.11 Å². The van der Waals surface area contributed by atoms with Crippen LogP contribution in [0, 0.1) is 5.92 Å². The number of hydrogen-bond donors (Lipinski definition) is 3. The SMILES string of the molecule is O=C(O)C1CCC(O)(CNCc2cccnn2)CC1. The zero-order valence-corrected chi connectivity index (χ0v) is 10.7. The highest BCUT2D eigenvalue weighted by molar-refractivity contribution is 5.70. The van der Waals surface area contributed by atoms with E-state index in [9.17, 15) is 9.90 Å². The number of nitrogens with zero attached hydrogens (tertiary/aromatic N) is 2. The Balaban J connectivity index is 1.75. The molecule has 0 aliphatic heterocycles. The average molecular weight is 265 g/mol. The molecule has 1 aromatic heterocycles. The van der Waals surface area contributed by atoms with Gasteiger partial charge in [-0.1, -0.05) is 0 Å². The van der Waals surface area contributed by atoms with Gasteiger partial charge < -0.3 is 15.5 Å². The summed E-state index contributed by atoms with van der Waals surface area (Å²) in [5, 5.41) is 30.2. The van der Waals surface area contributed by atoms with Crippen molar-refractivity contribution in [2.45, 2.75) is 37.8 Å². The Morgan fingerprint density at radius 2 is 2.21 bits per heavy atom.